The highest BCUT2D eigenvalue weighted by Gasteiger charge is 2.19. The van der Waals surface area contributed by atoms with Crippen molar-refractivity contribution in [3.05, 3.63) is 50.0 Å². The van der Waals surface area contributed by atoms with Gasteiger partial charge in [-0.05, 0) is 28.9 Å². The van der Waals surface area contributed by atoms with Crippen molar-refractivity contribution < 1.29 is 9.72 Å². The molecule has 1 heterocycles. The summed E-state index contributed by atoms with van der Waals surface area (Å²) in [6.07, 6.45) is 0. The molecule has 1 aromatic heterocycles. The zero-order valence-electron chi connectivity index (χ0n) is 11.3. The molecule has 1 amide bonds. The lowest BCUT2D eigenvalue weighted by molar-refractivity contribution is -0.384. The minimum Gasteiger partial charge on any atom is -0.334 e. The van der Waals surface area contributed by atoms with Gasteiger partial charge >= 0.3 is 0 Å². The molecule has 8 nitrogen and oxygen atoms in total. The first kappa shape index (κ1) is 15.1. The van der Waals surface area contributed by atoms with Crippen LogP contribution in [0.3, 0.4) is 0 Å². The van der Waals surface area contributed by atoms with Crippen LogP contribution in [0, 0.1) is 17.0 Å². The number of rotatable bonds is 4. The number of non-ortho nitro benzene ring substituents is 1. The highest BCUT2D eigenvalue weighted by molar-refractivity contribution is 9.10. The zero-order chi connectivity index (χ0) is 15.6. The number of benzene rings is 1. The molecule has 0 spiro atoms. The van der Waals surface area contributed by atoms with E-state index in [0.717, 1.165) is 0 Å². The molecule has 1 N–H and O–H groups in total. The molecule has 21 heavy (non-hydrogen) atoms. The number of aromatic nitrogens is 3. The van der Waals surface area contributed by atoms with Gasteiger partial charge in [0.2, 0.25) is 0 Å². The van der Waals surface area contributed by atoms with E-state index < -0.39 is 4.92 Å². The van der Waals surface area contributed by atoms with Gasteiger partial charge in [-0.3, -0.25) is 20.0 Å². The maximum absolute atomic E-state index is 12.4. The van der Waals surface area contributed by atoms with Gasteiger partial charge < -0.3 is 4.90 Å². The molecule has 0 saturated carbocycles. The van der Waals surface area contributed by atoms with Crippen molar-refractivity contribution >= 4 is 27.5 Å². The number of nitrogens with zero attached hydrogens (tertiary/aromatic N) is 4. The quantitative estimate of drug-likeness (QED) is 0.668. The first-order chi connectivity index (χ1) is 9.88. The minimum absolute atomic E-state index is 0.135. The van der Waals surface area contributed by atoms with Gasteiger partial charge in [0.1, 0.15) is 5.82 Å². The summed E-state index contributed by atoms with van der Waals surface area (Å²) in [6.45, 7) is 1.97. The maximum Gasteiger partial charge on any atom is 0.270 e. The lowest BCUT2D eigenvalue weighted by Crippen LogP contribution is -2.27. The molecule has 0 aliphatic rings. The first-order valence-electron chi connectivity index (χ1n) is 5.95. The summed E-state index contributed by atoms with van der Waals surface area (Å²) in [4.78, 5) is 28.1. The third-order valence-corrected chi connectivity index (χ3v) is 3.45. The van der Waals surface area contributed by atoms with E-state index in [1.54, 1.807) is 14.0 Å². The number of amides is 1. The Hall–Kier alpha value is -2.29. The fourth-order valence-corrected chi connectivity index (χ4v) is 2.16. The van der Waals surface area contributed by atoms with Crippen LogP contribution in [0.25, 0.3) is 0 Å². The molecule has 0 bridgehead atoms. The number of carbonyl (C=O) groups is 1. The first-order valence-corrected chi connectivity index (χ1v) is 6.75. The van der Waals surface area contributed by atoms with Crippen molar-refractivity contribution in [2.45, 2.75) is 13.5 Å². The molecular weight excluding hydrogens is 342 g/mol. The van der Waals surface area contributed by atoms with Crippen molar-refractivity contribution in [3.63, 3.8) is 0 Å². The normalized spacial score (nSPS) is 10.4. The third kappa shape index (κ3) is 3.43. The number of nitro groups is 1. The number of aromatic amines is 1. The largest absolute Gasteiger partial charge is 0.334 e. The Kier molecular flexibility index (Phi) is 4.32. The molecule has 0 unspecified atom stereocenters. The van der Waals surface area contributed by atoms with Crippen LogP contribution in [0.2, 0.25) is 0 Å². The molecule has 0 atom stereocenters. The fraction of sp³-hybridized carbons (Fsp3) is 0.250. The number of H-pyrrole nitrogens is 1. The van der Waals surface area contributed by atoms with Gasteiger partial charge in [-0.15, -0.1) is 0 Å². The Morgan fingerprint density at radius 3 is 2.81 bits per heavy atom. The summed E-state index contributed by atoms with van der Waals surface area (Å²) in [7, 11) is 1.58. The number of aryl methyl sites for hydroxylation is 1. The predicted molar refractivity (Wildman–Crippen MR) is 77.7 cm³/mol. The summed E-state index contributed by atoms with van der Waals surface area (Å²) >= 11 is 3.23. The Bertz CT molecular complexity index is 700. The lowest BCUT2D eigenvalue weighted by Gasteiger charge is -2.16. The molecule has 2 aromatic rings. The van der Waals surface area contributed by atoms with Gasteiger partial charge in [0.15, 0.2) is 5.82 Å². The van der Waals surface area contributed by atoms with E-state index in [-0.39, 0.29) is 23.7 Å². The summed E-state index contributed by atoms with van der Waals surface area (Å²) in [5.74, 6) is 0.778. The SMILES string of the molecule is Cc1nc(CN(C)C(=O)c2cc([N+](=O)[O-])ccc2Br)n[nH]1. The molecule has 0 fully saturated rings. The number of carbonyl (C=O) groups excluding carboxylic acids is 1. The second kappa shape index (κ2) is 6.00. The van der Waals surface area contributed by atoms with E-state index in [1.807, 2.05) is 0 Å². The summed E-state index contributed by atoms with van der Waals surface area (Å²) in [5, 5.41) is 17.4. The van der Waals surface area contributed by atoms with Crippen LogP contribution in [-0.4, -0.2) is 38.0 Å². The number of halogens is 1. The van der Waals surface area contributed by atoms with E-state index in [0.29, 0.717) is 16.1 Å². The second-order valence-electron chi connectivity index (χ2n) is 4.42. The number of nitrogens with one attached hydrogen (secondary N) is 1. The molecule has 0 radical (unpaired) electrons. The van der Waals surface area contributed by atoms with Crippen molar-refractivity contribution in [1.82, 2.24) is 20.1 Å². The van der Waals surface area contributed by atoms with Crippen molar-refractivity contribution in [3.8, 4) is 0 Å². The smallest absolute Gasteiger partial charge is 0.270 e. The minimum atomic E-state index is -0.540. The lowest BCUT2D eigenvalue weighted by atomic mass is 10.2. The number of hydrogen-bond acceptors (Lipinski definition) is 5. The van der Waals surface area contributed by atoms with E-state index in [9.17, 15) is 14.9 Å². The summed E-state index contributed by atoms with van der Waals surface area (Å²) in [5.41, 5.74) is 0.0858. The predicted octanol–water partition coefficient (Wildman–Crippen LogP) is 2.06. The van der Waals surface area contributed by atoms with E-state index in [4.69, 9.17) is 0 Å². The van der Waals surface area contributed by atoms with Crippen molar-refractivity contribution in [2.75, 3.05) is 7.05 Å². The maximum atomic E-state index is 12.4. The van der Waals surface area contributed by atoms with Crippen LogP contribution in [0.5, 0.6) is 0 Å². The Morgan fingerprint density at radius 1 is 1.52 bits per heavy atom. The van der Waals surface area contributed by atoms with Gasteiger partial charge in [0.25, 0.3) is 11.6 Å². The van der Waals surface area contributed by atoms with Gasteiger partial charge in [0.05, 0.1) is 17.0 Å². The average Bonchev–Trinajstić information content (AvgIpc) is 2.83. The Balaban J connectivity index is 2.22. The van der Waals surface area contributed by atoms with Gasteiger partial charge in [-0.2, -0.15) is 5.10 Å². The molecule has 0 aliphatic heterocycles. The highest BCUT2D eigenvalue weighted by atomic mass is 79.9. The molecule has 1 aromatic carbocycles. The van der Waals surface area contributed by atoms with Crippen molar-refractivity contribution in [1.29, 1.82) is 0 Å². The van der Waals surface area contributed by atoms with Gasteiger partial charge in [-0.1, -0.05) is 0 Å². The van der Waals surface area contributed by atoms with E-state index in [1.165, 1.54) is 23.1 Å². The van der Waals surface area contributed by atoms with Gasteiger partial charge in [0, 0.05) is 23.7 Å². The number of nitro benzene ring substituents is 1. The summed E-state index contributed by atoms with van der Waals surface area (Å²) in [6, 6.07) is 4.06. The van der Waals surface area contributed by atoms with Crippen LogP contribution in [0.4, 0.5) is 5.69 Å². The average molecular weight is 354 g/mol. The number of hydrogen-bond donors (Lipinski definition) is 1. The Labute approximate surface area is 128 Å². The fourth-order valence-electron chi connectivity index (χ4n) is 1.74. The van der Waals surface area contributed by atoms with Crippen LogP contribution in [0.15, 0.2) is 22.7 Å². The van der Waals surface area contributed by atoms with Crippen molar-refractivity contribution in [2.24, 2.45) is 0 Å². The van der Waals surface area contributed by atoms with Crippen LogP contribution in [-0.2, 0) is 6.54 Å². The van der Waals surface area contributed by atoms with Crippen LogP contribution < -0.4 is 0 Å². The summed E-state index contributed by atoms with van der Waals surface area (Å²) < 4.78 is 0.496. The molecule has 0 aliphatic carbocycles. The molecule has 110 valence electrons. The molecule has 9 heteroatoms. The van der Waals surface area contributed by atoms with Gasteiger partial charge in [-0.25, -0.2) is 4.98 Å². The van der Waals surface area contributed by atoms with E-state index in [2.05, 4.69) is 31.1 Å². The Morgan fingerprint density at radius 2 is 2.24 bits per heavy atom. The molecule has 0 saturated heterocycles. The third-order valence-electron chi connectivity index (χ3n) is 2.76. The van der Waals surface area contributed by atoms with Crippen LogP contribution in [0.1, 0.15) is 22.0 Å². The molecular formula is C12H12BrN5O3. The second-order valence-corrected chi connectivity index (χ2v) is 5.27. The standard InChI is InChI=1S/C12H12BrN5O3/c1-7-14-11(16-15-7)6-17(2)12(19)9-5-8(18(20)21)3-4-10(9)13/h3-5H,6H2,1-2H3,(H,14,15,16). The monoisotopic (exact) mass is 353 g/mol. The highest BCUT2D eigenvalue weighted by Crippen LogP contribution is 2.23. The molecule has 2 rings (SSSR count). The zero-order valence-corrected chi connectivity index (χ0v) is 12.9. The van der Waals surface area contributed by atoms with E-state index >= 15 is 0 Å². The topological polar surface area (TPSA) is 105 Å². The van der Waals surface area contributed by atoms with Crippen LogP contribution >= 0.6 is 15.9 Å².